The number of amides is 1. The van der Waals surface area contributed by atoms with Gasteiger partial charge in [0.15, 0.2) is 0 Å². The van der Waals surface area contributed by atoms with Gasteiger partial charge in [-0.05, 0) is 34.9 Å². The van der Waals surface area contributed by atoms with Crippen LogP contribution in [-0.2, 0) is 11.3 Å². The lowest BCUT2D eigenvalue weighted by molar-refractivity contribution is -0.118. The Morgan fingerprint density at radius 1 is 0.667 bits per heavy atom. The molecular formula is C27H22N2O. The molecule has 0 aliphatic carbocycles. The van der Waals surface area contributed by atoms with Gasteiger partial charge in [0, 0.05) is 0 Å². The molecule has 146 valence electrons. The van der Waals surface area contributed by atoms with Crippen LogP contribution in [0.25, 0.3) is 0 Å². The molecule has 0 aromatic heterocycles. The molecule has 3 heteroatoms. The fourth-order valence-corrected chi connectivity index (χ4v) is 4.15. The van der Waals surface area contributed by atoms with Crippen molar-refractivity contribution in [3.05, 3.63) is 132 Å². The smallest absolute Gasteiger partial charge is 0.257 e. The van der Waals surface area contributed by atoms with Gasteiger partial charge in [-0.3, -0.25) is 9.80 Å². The van der Waals surface area contributed by atoms with E-state index in [2.05, 4.69) is 35.3 Å². The summed E-state index contributed by atoms with van der Waals surface area (Å²) in [7, 11) is 0. The zero-order valence-electron chi connectivity index (χ0n) is 16.6. The number of carbonyl (C=O) groups excluding carboxylic acids is 1. The number of rotatable bonds is 5. The third kappa shape index (κ3) is 3.25. The van der Waals surface area contributed by atoms with Crippen molar-refractivity contribution < 1.29 is 4.79 Å². The van der Waals surface area contributed by atoms with Crippen LogP contribution in [-0.4, -0.2) is 5.91 Å². The van der Waals surface area contributed by atoms with Gasteiger partial charge < -0.3 is 0 Å². The number of hydrogen-bond donors (Lipinski definition) is 0. The molecule has 1 aliphatic rings. The van der Waals surface area contributed by atoms with Crippen molar-refractivity contribution in [2.45, 2.75) is 12.5 Å². The van der Waals surface area contributed by atoms with Gasteiger partial charge in [0.05, 0.1) is 23.8 Å². The fourth-order valence-electron chi connectivity index (χ4n) is 4.15. The van der Waals surface area contributed by atoms with Gasteiger partial charge in [-0.15, -0.1) is 0 Å². The van der Waals surface area contributed by atoms with E-state index < -0.39 is 0 Å². The van der Waals surface area contributed by atoms with Gasteiger partial charge in [0.1, 0.15) is 0 Å². The lowest BCUT2D eigenvalue weighted by Gasteiger charge is -2.34. The van der Waals surface area contributed by atoms with E-state index in [0.717, 1.165) is 28.1 Å². The lowest BCUT2D eigenvalue weighted by atomic mass is 9.93. The number of anilines is 2. The molecule has 30 heavy (non-hydrogen) atoms. The maximum absolute atomic E-state index is 13.9. The zero-order valence-corrected chi connectivity index (χ0v) is 16.6. The number of para-hydroxylation sites is 2. The molecule has 1 amide bonds. The zero-order chi connectivity index (χ0) is 20.3. The van der Waals surface area contributed by atoms with Crippen LogP contribution >= 0.6 is 0 Å². The van der Waals surface area contributed by atoms with E-state index >= 15 is 0 Å². The fraction of sp³-hybridized carbons (Fsp3) is 0.0741. The van der Waals surface area contributed by atoms with Crippen LogP contribution in [0.15, 0.2) is 115 Å². The van der Waals surface area contributed by atoms with Crippen molar-refractivity contribution in [1.82, 2.24) is 0 Å². The predicted octanol–water partition coefficient (Wildman–Crippen LogP) is 5.79. The molecule has 0 fully saturated rings. The Balaban J connectivity index is 1.63. The van der Waals surface area contributed by atoms with Crippen LogP contribution in [0, 0.1) is 0 Å². The van der Waals surface area contributed by atoms with E-state index in [1.807, 2.05) is 89.9 Å². The third-order valence-electron chi connectivity index (χ3n) is 5.54. The summed E-state index contributed by atoms with van der Waals surface area (Å²) in [5.74, 6) is -0.230. The summed E-state index contributed by atoms with van der Waals surface area (Å²) >= 11 is 0. The van der Waals surface area contributed by atoms with E-state index in [-0.39, 0.29) is 11.8 Å². The Morgan fingerprint density at radius 3 is 1.93 bits per heavy atom. The van der Waals surface area contributed by atoms with Gasteiger partial charge >= 0.3 is 0 Å². The predicted molar refractivity (Wildman–Crippen MR) is 121 cm³/mol. The molecule has 0 bridgehead atoms. The third-order valence-corrected chi connectivity index (χ3v) is 5.54. The molecule has 0 spiro atoms. The van der Waals surface area contributed by atoms with Crippen LogP contribution in [0.3, 0.4) is 0 Å². The second kappa shape index (κ2) is 7.88. The molecule has 1 aliphatic heterocycles. The molecule has 0 unspecified atom stereocenters. The van der Waals surface area contributed by atoms with Crippen LogP contribution < -0.4 is 10.0 Å². The maximum atomic E-state index is 13.9. The molecule has 0 saturated heterocycles. The number of fused-ring (bicyclic) bond motifs is 1. The first-order valence-corrected chi connectivity index (χ1v) is 10.2. The number of nitrogens with zero attached hydrogens (tertiary/aromatic N) is 2. The Labute approximate surface area is 176 Å². The highest BCUT2D eigenvalue weighted by atomic mass is 16.2. The van der Waals surface area contributed by atoms with E-state index in [9.17, 15) is 4.79 Å². The van der Waals surface area contributed by atoms with E-state index in [0.29, 0.717) is 6.54 Å². The minimum atomic E-state index is -0.301. The SMILES string of the molecule is O=C1[C@H](c2ccccc2)c2ccccc2N1N(Cc1ccccc1)c1ccccc1. The van der Waals surface area contributed by atoms with Crippen molar-refractivity contribution in [1.29, 1.82) is 0 Å². The van der Waals surface area contributed by atoms with Gasteiger partial charge in [0.2, 0.25) is 0 Å². The highest BCUT2D eigenvalue weighted by molar-refractivity contribution is 6.08. The highest BCUT2D eigenvalue weighted by Gasteiger charge is 2.41. The molecule has 3 nitrogen and oxygen atoms in total. The highest BCUT2D eigenvalue weighted by Crippen LogP contribution is 2.43. The average Bonchev–Trinajstić information content (AvgIpc) is 3.11. The van der Waals surface area contributed by atoms with Crippen LogP contribution in [0.1, 0.15) is 22.6 Å². The Bertz CT molecular complexity index is 1140. The monoisotopic (exact) mass is 390 g/mol. The van der Waals surface area contributed by atoms with Crippen molar-refractivity contribution in [3.8, 4) is 0 Å². The molecule has 5 rings (SSSR count). The molecule has 1 heterocycles. The normalized spacial score (nSPS) is 15.1. The summed E-state index contributed by atoms with van der Waals surface area (Å²) in [5, 5.41) is 3.94. The van der Waals surface area contributed by atoms with Gasteiger partial charge in [-0.2, -0.15) is 0 Å². The molecule has 0 N–H and O–H groups in total. The first-order valence-electron chi connectivity index (χ1n) is 10.2. The first-order chi connectivity index (χ1) is 14.8. The van der Waals surface area contributed by atoms with Crippen molar-refractivity contribution in [3.63, 3.8) is 0 Å². The number of carbonyl (C=O) groups is 1. The van der Waals surface area contributed by atoms with Crippen molar-refractivity contribution in [2.24, 2.45) is 0 Å². The Hall–Kier alpha value is -3.85. The molecule has 0 radical (unpaired) electrons. The van der Waals surface area contributed by atoms with Gasteiger partial charge in [-0.25, -0.2) is 5.01 Å². The Morgan fingerprint density at radius 2 is 1.23 bits per heavy atom. The molecule has 4 aromatic carbocycles. The van der Waals surface area contributed by atoms with E-state index in [1.165, 1.54) is 0 Å². The van der Waals surface area contributed by atoms with Crippen LogP contribution in [0.5, 0.6) is 0 Å². The van der Waals surface area contributed by atoms with Gasteiger partial charge in [0.25, 0.3) is 5.91 Å². The average molecular weight is 390 g/mol. The summed E-state index contributed by atoms with van der Waals surface area (Å²) in [4.78, 5) is 13.9. The van der Waals surface area contributed by atoms with Gasteiger partial charge in [-0.1, -0.05) is 97.1 Å². The quantitative estimate of drug-likeness (QED) is 0.431. The molecular weight excluding hydrogens is 368 g/mol. The minimum Gasteiger partial charge on any atom is -0.274 e. The summed E-state index contributed by atoms with van der Waals surface area (Å²) in [5.41, 5.74) is 5.14. The second-order valence-electron chi connectivity index (χ2n) is 7.43. The number of hydrogen-bond acceptors (Lipinski definition) is 2. The summed E-state index contributed by atoms with van der Waals surface area (Å²) in [6.07, 6.45) is 0. The lowest BCUT2D eigenvalue weighted by Crippen LogP contribution is -2.45. The molecule has 4 aromatic rings. The summed E-state index contributed by atoms with van der Waals surface area (Å²) in [6, 6.07) is 38.5. The number of hydrazine groups is 1. The van der Waals surface area contributed by atoms with Crippen LogP contribution in [0.4, 0.5) is 11.4 Å². The topological polar surface area (TPSA) is 23.6 Å². The standard InChI is InChI=1S/C27H22N2O/c30-27-26(22-14-6-2-7-15-22)24-18-10-11-19-25(24)29(27)28(23-16-8-3-9-17-23)20-21-12-4-1-5-13-21/h1-19,26H,20H2/t26-/m1/s1. The van der Waals surface area contributed by atoms with E-state index in [4.69, 9.17) is 0 Å². The largest absolute Gasteiger partial charge is 0.274 e. The van der Waals surface area contributed by atoms with E-state index in [1.54, 1.807) is 0 Å². The summed E-state index contributed by atoms with van der Waals surface area (Å²) in [6.45, 7) is 0.604. The number of benzene rings is 4. The molecule has 1 atom stereocenters. The second-order valence-corrected chi connectivity index (χ2v) is 7.43. The maximum Gasteiger partial charge on any atom is 0.257 e. The van der Waals surface area contributed by atoms with Crippen LogP contribution in [0.2, 0.25) is 0 Å². The van der Waals surface area contributed by atoms with Crippen molar-refractivity contribution >= 4 is 17.3 Å². The van der Waals surface area contributed by atoms with Crippen molar-refractivity contribution in [2.75, 3.05) is 10.0 Å². The Kier molecular flexibility index (Phi) is 4.78. The first kappa shape index (κ1) is 18.2. The molecule has 0 saturated carbocycles. The minimum absolute atomic E-state index is 0.0715. The summed E-state index contributed by atoms with van der Waals surface area (Å²) < 4.78 is 0.